The topological polar surface area (TPSA) is 124 Å². The van der Waals surface area contributed by atoms with Gasteiger partial charge in [-0.25, -0.2) is 19.3 Å². The summed E-state index contributed by atoms with van der Waals surface area (Å²) in [5.74, 6) is -1.48. The van der Waals surface area contributed by atoms with Crippen molar-refractivity contribution in [3.63, 3.8) is 0 Å². The summed E-state index contributed by atoms with van der Waals surface area (Å²) >= 11 is 0. The fourth-order valence-corrected chi connectivity index (χ4v) is 4.11. The van der Waals surface area contributed by atoms with Gasteiger partial charge < -0.3 is 24.7 Å². The van der Waals surface area contributed by atoms with Crippen LogP contribution in [0.1, 0.15) is 25.6 Å². The average molecular weight is 443 g/mol. The SMILES string of the molecule is CC1(C)O[C@@H]2[C@H](O1)[C@@H](COC(=O)Cc1cccc(F)c1)O[C@H]2n1cnc2c(N)ncnc21. The largest absolute Gasteiger partial charge is 0.463 e. The Morgan fingerprint density at radius 2 is 2.06 bits per heavy atom. The number of hydrogen-bond acceptors (Lipinski definition) is 9. The number of aromatic nitrogens is 4. The number of anilines is 1. The number of fused-ring (bicyclic) bond motifs is 2. The summed E-state index contributed by atoms with van der Waals surface area (Å²) in [6.45, 7) is 3.57. The van der Waals surface area contributed by atoms with Crippen LogP contribution in [0.15, 0.2) is 36.9 Å². The van der Waals surface area contributed by atoms with Gasteiger partial charge >= 0.3 is 5.97 Å². The van der Waals surface area contributed by atoms with Gasteiger partial charge in [-0.3, -0.25) is 9.36 Å². The third-order valence-electron chi connectivity index (χ3n) is 5.43. The maximum atomic E-state index is 13.4. The van der Waals surface area contributed by atoms with Gasteiger partial charge in [0.1, 0.15) is 42.6 Å². The second kappa shape index (κ2) is 7.76. The van der Waals surface area contributed by atoms with Crippen LogP contribution in [0.2, 0.25) is 0 Å². The Morgan fingerprint density at radius 3 is 2.88 bits per heavy atom. The highest BCUT2D eigenvalue weighted by atomic mass is 19.1. The first-order chi connectivity index (χ1) is 15.3. The van der Waals surface area contributed by atoms with Crippen molar-refractivity contribution in [1.29, 1.82) is 0 Å². The number of nitrogens with two attached hydrogens (primary N) is 1. The minimum atomic E-state index is -0.842. The van der Waals surface area contributed by atoms with E-state index in [2.05, 4.69) is 15.0 Å². The average Bonchev–Trinajstić information content (AvgIpc) is 3.38. The molecular formula is C21H22FN5O5. The molecule has 0 spiro atoms. The van der Waals surface area contributed by atoms with Gasteiger partial charge in [-0.15, -0.1) is 0 Å². The molecule has 11 heteroatoms. The molecule has 2 N–H and O–H groups in total. The van der Waals surface area contributed by atoms with E-state index in [1.54, 1.807) is 23.0 Å². The number of rotatable bonds is 5. The van der Waals surface area contributed by atoms with Crippen LogP contribution in [-0.4, -0.2) is 56.2 Å². The summed E-state index contributed by atoms with van der Waals surface area (Å²) in [5, 5.41) is 0. The molecule has 4 heterocycles. The fourth-order valence-electron chi connectivity index (χ4n) is 4.11. The number of carbonyl (C=O) groups excluding carboxylic acids is 1. The molecule has 3 aromatic rings. The van der Waals surface area contributed by atoms with Crippen LogP contribution in [0.4, 0.5) is 10.2 Å². The maximum absolute atomic E-state index is 13.4. The Hall–Kier alpha value is -3.15. The highest BCUT2D eigenvalue weighted by molar-refractivity contribution is 5.81. The van der Waals surface area contributed by atoms with E-state index in [9.17, 15) is 9.18 Å². The van der Waals surface area contributed by atoms with Crippen molar-refractivity contribution >= 4 is 23.0 Å². The molecule has 2 aliphatic heterocycles. The molecule has 5 rings (SSSR count). The summed E-state index contributed by atoms with van der Waals surface area (Å²) in [6, 6.07) is 5.83. The normalized spacial score (nSPS) is 26.3. The van der Waals surface area contributed by atoms with Crippen molar-refractivity contribution in [1.82, 2.24) is 19.5 Å². The van der Waals surface area contributed by atoms with Crippen molar-refractivity contribution < 1.29 is 28.1 Å². The minimum Gasteiger partial charge on any atom is -0.463 e. The lowest BCUT2D eigenvalue weighted by molar-refractivity contribution is -0.202. The van der Waals surface area contributed by atoms with Crippen molar-refractivity contribution in [3.05, 3.63) is 48.3 Å². The van der Waals surface area contributed by atoms with Gasteiger partial charge in [0.15, 0.2) is 23.5 Å². The fraction of sp³-hybridized carbons (Fsp3) is 0.429. The Bertz CT molecular complexity index is 1170. The molecule has 32 heavy (non-hydrogen) atoms. The summed E-state index contributed by atoms with van der Waals surface area (Å²) in [6.07, 6.45) is 0.702. The maximum Gasteiger partial charge on any atom is 0.310 e. The number of ether oxygens (including phenoxy) is 4. The zero-order chi connectivity index (χ0) is 22.5. The molecule has 2 saturated heterocycles. The van der Waals surface area contributed by atoms with Crippen LogP contribution < -0.4 is 5.73 Å². The smallest absolute Gasteiger partial charge is 0.310 e. The number of benzene rings is 1. The zero-order valence-corrected chi connectivity index (χ0v) is 17.5. The van der Waals surface area contributed by atoms with Crippen molar-refractivity contribution in [3.8, 4) is 0 Å². The molecule has 0 radical (unpaired) electrons. The summed E-state index contributed by atoms with van der Waals surface area (Å²) in [5.41, 5.74) is 7.38. The van der Waals surface area contributed by atoms with Crippen LogP contribution in [-0.2, 0) is 30.2 Å². The monoisotopic (exact) mass is 443 g/mol. The molecule has 0 aliphatic carbocycles. The number of carbonyl (C=O) groups is 1. The lowest BCUT2D eigenvalue weighted by atomic mass is 10.1. The van der Waals surface area contributed by atoms with E-state index >= 15 is 0 Å². The van der Waals surface area contributed by atoms with Crippen molar-refractivity contribution in [2.24, 2.45) is 0 Å². The molecule has 10 nitrogen and oxygen atoms in total. The second-order valence-corrected chi connectivity index (χ2v) is 8.20. The molecule has 4 atom stereocenters. The summed E-state index contributed by atoms with van der Waals surface area (Å²) in [7, 11) is 0. The number of nitrogens with zero attached hydrogens (tertiary/aromatic N) is 4. The van der Waals surface area contributed by atoms with E-state index in [0.29, 0.717) is 16.7 Å². The number of hydrogen-bond donors (Lipinski definition) is 1. The van der Waals surface area contributed by atoms with Gasteiger partial charge in [0.05, 0.1) is 12.7 Å². The van der Waals surface area contributed by atoms with E-state index in [1.165, 1.54) is 18.5 Å². The van der Waals surface area contributed by atoms with E-state index in [1.807, 2.05) is 13.8 Å². The Balaban J connectivity index is 1.33. The number of halogens is 1. The van der Waals surface area contributed by atoms with Gasteiger partial charge in [0.25, 0.3) is 0 Å². The molecule has 168 valence electrons. The van der Waals surface area contributed by atoms with Gasteiger partial charge in [-0.1, -0.05) is 12.1 Å². The Kier molecular flexibility index (Phi) is 5.03. The van der Waals surface area contributed by atoms with E-state index in [4.69, 9.17) is 24.7 Å². The van der Waals surface area contributed by atoms with E-state index in [-0.39, 0.29) is 18.8 Å². The van der Waals surface area contributed by atoms with Gasteiger partial charge in [0.2, 0.25) is 0 Å². The lowest BCUT2D eigenvalue weighted by Gasteiger charge is -2.24. The minimum absolute atomic E-state index is 0.0466. The molecule has 0 unspecified atom stereocenters. The predicted molar refractivity (Wildman–Crippen MR) is 109 cm³/mol. The van der Waals surface area contributed by atoms with E-state index in [0.717, 1.165) is 0 Å². The second-order valence-electron chi connectivity index (χ2n) is 8.20. The molecule has 0 amide bonds. The van der Waals surface area contributed by atoms with E-state index < -0.39 is 42.1 Å². The predicted octanol–water partition coefficient (Wildman–Crippen LogP) is 1.75. The Labute approximate surface area is 182 Å². The third kappa shape index (κ3) is 3.78. The van der Waals surface area contributed by atoms with Gasteiger partial charge in [0, 0.05) is 0 Å². The first-order valence-electron chi connectivity index (χ1n) is 10.1. The number of esters is 1. The summed E-state index contributed by atoms with van der Waals surface area (Å²) < 4.78 is 38.8. The lowest BCUT2D eigenvalue weighted by Crippen LogP contribution is -2.33. The molecule has 2 fully saturated rings. The van der Waals surface area contributed by atoms with Gasteiger partial charge in [-0.2, -0.15) is 0 Å². The number of imidazole rings is 1. The quantitative estimate of drug-likeness (QED) is 0.587. The van der Waals surface area contributed by atoms with Crippen LogP contribution in [0, 0.1) is 5.82 Å². The number of nitrogen functional groups attached to an aromatic ring is 1. The zero-order valence-electron chi connectivity index (χ0n) is 17.5. The first-order valence-corrected chi connectivity index (χ1v) is 10.1. The van der Waals surface area contributed by atoms with Gasteiger partial charge in [-0.05, 0) is 31.5 Å². The van der Waals surface area contributed by atoms with Crippen molar-refractivity contribution in [2.75, 3.05) is 12.3 Å². The van der Waals surface area contributed by atoms with Crippen LogP contribution in [0.5, 0.6) is 0 Å². The third-order valence-corrected chi connectivity index (χ3v) is 5.43. The molecule has 2 aliphatic rings. The first kappa shape index (κ1) is 20.7. The van der Waals surface area contributed by atoms with Crippen LogP contribution in [0.3, 0.4) is 0 Å². The highest BCUT2D eigenvalue weighted by Gasteiger charge is 2.56. The molecule has 1 aromatic carbocycles. The molecule has 0 saturated carbocycles. The standard InChI is InChI=1S/C21H22FN5O5/c1-21(2)31-16-13(8-29-14(28)7-11-4-3-5-12(22)6-11)30-20(17(16)32-21)27-10-26-15-18(23)24-9-25-19(15)27/h3-6,9-10,13,16-17,20H,7-8H2,1-2H3,(H2,23,24,25)/t13-,16-,17-,20-/m1/s1. The molecule has 2 aromatic heterocycles. The molecular weight excluding hydrogens is 421 g/mol. The summed E-state index contributed by atoms with van der Waals surface area (Å²) in [4.78, 5) is 24.8. The van der Waals surface area contributed by atoms with Crippen LogP contribution >= 0.6 is 0 Å². The van der Waals surface area contributed by atoms with Crippen LogP contribution in [0.25, 0.3) is 11.2 Å². The Morgan fingerprint density at radius 1 is 1.25 bits per heavy atom. The molecule has 0 bridgehead atoms. The highest BCUT2D eigenvalue weighted by Crippen LogP contribution is 2.43. The van der Waals surface area contributed by atoms with Crippen molar-refractivity contribution in [2.45, 2.75) is 50.6 Å².